The molecule has 5 aromatic rings. The Kier molecular flexibility index (Phi) is 8.66. The summed E-state index contributed by atoms with van der Waals surface area (Å²) < 4.78 is 58.9. The fourth-order valence-corrected chi connectivity index (χ4v) is 7.21. The highest BCUT2D eigenvalue weighted by molar-refractivity contribution is 7.93. The van der Waals surface area contributed by atoms with Crippen molar-refractivity contribution in [2.45, 2.75) is 11.8 Å². The third-order valence-corrected chi connectivity index (χ3v) is 9.47. The Balaban J connectivity index is 1.64. The van der Waals surface area contributed by atoms with Gasteiger partial charge in [0.2, 0.25) is 5.95 Å². The van der Waals surface area contributed by atoms with Crippen molar-refractivity contribution in [2.75, 3.05) is 23.2 Å². The highest BCUT2D eigenvalue weighted by Crippen LogP contribution is 2.42. The molecule has 15 heteroatoms. The first-order chi connectivity index (χ1) is 20.1. The van der Waals surface area contributed by atoms with E-state index in [4.69, 9.17) is 28.3 Å². The van der Waals surface area contributed by atoms with E-state index in [9.17, 15) is 12.8 Å². The largest absolute Gasteiger partial charge is 0.395 e. The number of anilines is 2. The minimum absolute atomic E-state index is 0.0537. The number of aromatic nitrogens is 4. The molecule has 3 N–H and O–H groups in total. The van der Waals surface area contributed by atoms with Gasteiger partial charge >= 0.3 is 0 Å². The van der Waals surface area contributed by atoms with E-state index in [0.717, 1.165) is 17.5 Å². The van der Waals surface area contributed by atoms with Gasteiger partial charge in [0, 0.05) is 30.1 Å². The second-order valence-corrected chi connectivity index (χ2v) is 12.2. The summed E-state index contributed by atoms with van der Waals surface area (Å²) in [5, 5.41) is 12.1. The number of benzene rings is 2. The van der Waals surface area contributed by atoms with Crippen molar-refractivity contribution in [3.63, 3.8) is 0 Å². The van der Waals surface area contributed by atoms with Crippen LogP contribution >= 0.6 is 34.5 Å². The average Bonchev–Trinajstić information content (AvgIpc) is 3.41. The van der Waals surface area contributed by atoms with E-state index in [1.165, 1.54) is 42.7 Å². The van der Waals surface area contributed by atoms with Gasteiger partial charge in [-0.1, -0.05) is 35.3 Å². The first-order valence-corrected chi connectivity index (χ1v) is 15.2. The Labute approximate surface area is 253 Å². The second-order valence-electron chi connectivity index (χ2n) is 8.78. The molecule has 0 aliphatic carbocycles. The monoisotopic (exact) mass is 648 g/mol. The van der Waals surface area contributed by atoms with Crippen LogP contribution in [-0.2, 0) is 10.0 Å². The summed E-state index contributed by atoms with van der Waals surface area (Å²) in [6, 6.07) is 9.91. The van der Waals surface area contributed by atoms with E-state index in [-0.39, 0.29) is 51.0 Å². The zero-order chi connectivity index (χ0) is 30.0. The van der Waals surface area contributed by atoms with Gasteiger partial charge in [0.15, 0.2) is 5.82 Å². The molecule has 0 aliphatic heterocycles. The van der Waals surface area contributed by atoms with Gasteiger partial charge in [-0.25, -0.2) is 32.2 Å². The molecular weight excluding hydrogens is 629 g/mol. The van der Waals surface area contributed by atoms with Gasteiger partial charge in [-0.3, -0.25) is 9.71 Å². The molecular formula is C27H20Cl2F2N6O3S2. The number of hydrogen-bond donors (Lipinski definition) is 3. The topological polar surface area (TPSA) is 130 Å². The lowest BCUT2D eigenvalue weighted by Crippen LogP contribution is -2.15. The molecule has 0 bridgehead atoms. The van der Waals surface area contributed by atoms with Crippen molar-refractivity contribution in [3.8, 4) is 32.4 Å². The Morgan fingerprint density at radius 2 is 1.88 bits per heavy atom. The maximum Gasteiger partial charge on any atom is 0.264 e. The summed E-state index contributed by atoms with van der Waals surface area (Å²) in [5.41, 5.74) is 0.874. The van der Waals surface area contributed by atoms with Crippen LogP contribution in [0.15, 0.2) is 66.0 Å². The highest BCUT2D eigenvalue weighted by Gasteiger charge is 2.27. The molecule has 216 valence electrons. The van der Waals surface area contributed by atoms with Crippen molar-refractivity contribution in [3.05, 3.63) is 88.3 Å². The van der Waals surface area contributed by atoms with Crippen LogP contribution < -0.4 is 10.0 Å². The van der Waals surface area contributed by atoms with Crippen LogP contribution in [-0.4, -0.2) is 46.6 Å². The van der Waals surface area contributed by atoms with Crippen molar-refractivity contribution in [1.82, 2.24) is 19.9 Å². The molecule has 5 rings (SSSR count). The summed E-state index contributed by atoms with van der Waals surface area (Å²) in [7, 11) is -4.41. The molecule has 0 radical (unpaired) electrons. The van der Waals surface area contributed by atoms with Crippen molar-refractivity contribution < 1.29 is 22.3 Å². The molecule has 42 heavy (non-hydrogen) atoms. The summed E-state index contributed by atoms with van der Waals surface area (Å²) in [4.78, 5) is 17.1. The summed E-state index contributed by atoms with van der Waals surface area (Å²) in [6.07, 6.45) is 3.94. The van der Waals surface area contributed by atoms with Crippen molar-refractivity contribution in [2.24, 2.45) is 0 Å². The van der Waals surface area contributed by atoms with Gasteiger partial charge in [-0.2, -0.15) is 0 Å². The van der Waals surface area contributed by atoms with Crippen LogP contribution in [0.3, 0.4) is 0 Å². The number of thiazole rings is 1. The number of pyridine rings is 1. The molecule has 0 unspecified atom stereocenters. The van der Waals surface area contributed by atoms with Crippen LogP contribution in [0.1, 0.15) is 5.56 Å². The molecule has 9 nitrogen and oxygen atoms in total. The van der Waals surface area contributed by atoms with Crippen LogP contribution in [0.4, 0.5) is 20.4 Å². The smallest absolute Gasteiger partial charge is 0.264 e. The van der Waals surface area contributed by atoms with Gasteiger partial charge in [0.25, 0.3) is 10.0 Å². The third-order valence-electron chi connectivity index (χ3n) is 5.87. The first-order valence-electron chi connectivity index (χ1n) is 12.1. The quantitative estimate of drug-likeness (QED) is 0.167. The van der Waals surface area contributed by atoms with E-state index in [0.29, 0.717) is 26.7 Å². The standard InChI is InChI=1S/C27H20Cl2F2N6O3S2/c1-14-5-6-18(28)25(21(14)29)42(39,40)37-19-4-2-3-17(22(19)31)23-24(20-7-8-33-27(35-20)34-9-10-38)41-26(36-23)15-11-16(30)13-32-12-15/h2-8,11-13,37-38H,9-10H2,1H3,(H,33,34,35). The molecule has 0 aliphatic rings. The maximum absolute atomic E-state index is 16.1. The number of hydrogen-bond acceptors (Lipinski definition) is 9. The lowest BCUT2D eigenvalue weighted by Gasteiger charge is -2.14. The number of nitrogens with one attached hydrogen (secondary N) is 2. The number of aliphatic hydroxyl groups excluding tert-OH is 1. The van der Waals surface area contributed by atoms with E-state index in [1.807, 2.05) is 0 Å². The molecule has 0 fully saturated rings. The van der Waals surface area contributed by atoms with E-state index < -0.39 is 21.7 Å². The van der Waals surface area contributed by atoms with Gasteiger partial charge in [-0.05, 0) is 42.8 Å². The minimum atomic E-state index is -4.41. The molecule has 0 saturated heterocycles. The van der Waals surface area contributed by atoms with Gasteiger partial charge in [-0.15, -0.1) is 11.3 Å². The van der Waals surface area contributed by atoms with E-state index >= 15 is 4.39 Å². The first kappa shape index (κ1) is 29.7. The fourth-order valence-electron chi connectivity index (χ4n) is 3.93. The van der Waals surface area contributed by atoms with Gasteiger partial charge in [0.1, 0.15) is 15.7 Å². The Hall–Kier alpha value is -3.75. The van der Waals surface area contributed by atoms with Crippen LogP contribution in [0, 0.1) is 18.6 Å². The van der Waals surface area contributed by atoms with Crippen molar-refractivity contribution >= 4 is 56.2 Å². The van der Waals surface area contributed by atoms with Crippen molar-refractivity contribution in [1.29, 1.82) is 0 Å². The van der Waals surface area contributed by atoms with Gasteiger partial charge < -0.3 is 10.4 Å². The lowest BCUT2D eigenvalue weighted by molar-refractivity contribution is 0.311. The average molecular weight is 650 g/mol. The third kappa shape index (κ3) is 6.05. The predicted octanol–water partition coefficient (Wildman–Crippen LogP) is 6.43. The summed E-state index contributed by atoms with van der Waals surface area (Å²) in [5.74, 6) is -1.30. The zero-order valence-electron chi connectivity index (χ0n) is 21.6. The minimum Gasteiger partial charge on any atom is -0.395 e. The number of nitrogens with zero attached hydrogens (tertiary/aromatic N) is 4. The SMILES string of the molecule is Cc1ccc(Cl)c(S(=O)(=O)Nc2cccc(-c3nc(-c4cncc(F)c4)sc3-c3ccnc(NCCO)n3)c2F)c1Cl. The van der Waals surface area contributed by atoms with E-state index in [1.54, 1.807) is 19.1 Å². The Morgan fingerprint density at radius 3 is 2.64 bits per heavy atom. The molecule has 3 heterocycles. The number of aliphatic hydroxyl groups is 1. The van der Waals surface area contributed by atoms with Gasteiger partial charge in [0.05, 0.1) is 44.8 Å². The number of sulfonamides is 1. The Morgan fingerprint density at radius 1 is 1.07 bits per heavy atom. The summed E-state index contributed by atoms with van der Waals surface area (Å²) in [6.45, 7) is 1.67. The van der Waals surface area contributed by atoms with Crippen LogP contribution in [0.5, 0.6) is 0 Å². The normalized spacial score (nSPS) is 11.5. The number of rotatable bonds is 9. The van der Waals surface area contributed by atoms with E-state index in [2.05, 4.69) is 30.0 Å². The number of halogens is 4. The maximum atomic E-state index is 16.1. The second kappa shape index (κ2) is 12.2. The lowest BCUT2D eigenvalue weighted by atomic mass is 10.1. The van der Waals surface area contributed by atoms with Crippen LogP contribution in [0.25, 0.3) is 32.4 Å². The molecule has 0 spiro atoms. The molecule has 0 amide bonds. The predicted molar refractivity (Wildman–Crippen MR) is 159 cm³/mol. The van der Waals surface area contributed by atoms with Crippen LogP contribution in [0.2, 0.25) is 10.0 Å². The fraction of sp³-hybridized carbons (Fsp3) is 0.111. The number of aryl methyl sites for hydroxylation is 1. The molecule has 0 saturated carbocycles. The zero-order valence-corrected chi connectivity index (χ0v) is 24.7. The molecule has 0 atom stereocenters. The molecule has 2 aromatic carbocycles. The Bertz CT molecular complexity index is 1910. The molecule has 3 aromatic heterocycles. The summed E-state index contributed by atoms with van der Waals surface area (Å²) >= 11 is 13.5. The highest BCUT2D eigenvalue weighted by atomic mass is 35.5.